The summed E-state index contributed by atoms with van der Waals surface area (Å²) in [6.45, 7) is 4.08. The van der Waals surface area contributed by atoms with Crippen molar-refractivity contribution < 1.29 is 27.1 Å². The normalized spacial score (nSPS) is 12.5. The maximum absolute atomic E-state index is 13.6. The van der Waals surface area contributed by atoms with Crippen LogP contribution in [0.1, 0.15) is 18.3 Å². The number of benzene rings is 1. The second-order valence-electron chi connectivity index (χ2n) is 6.05. The number of esters is 1. The van der Waals surface area contributed by atoms with Crippen molar-refractivity contribution in [1.82, 2.24) is 14.5 Å². The van der Waals surface area contributed by atoms with Gasteiger partial charge in [-0.2, -0.15) is 9.82 Å². The lowest BCUT2D eigenvalue weighted by atomic mass is 10.3. The molecular formula is C17H21FN4O5S. The first kappa shape index (κ1) is 21.5. The summed E-state index contributed by atoms with van der Waals surface area (Å²) in [6.07, 6.45) is -1.18. The highest BCUT2D eigenvalue weighted by molar-refractivity contribution is 7.89. The van der Waals surface area contributed by atoms with E-state index in [-0.39, 0.29) is 0 Å². The van der Waals surface area contributed by atoms with Crippen LogP contribution in [0.2, 0.25) is 0 Å². The third-order valence-electron chi connectivity index (χ3n) is 3.97. The number of amides is 1. The van der Waals surface area contributed by atoms with Crippen LogP contribution >= 0.6 is 0 Å². The fourth-order valence-corrected chi connectivity index (χ4v) is 3.41. The molecule has 1 amide bonds. The molecule has 28 heavy (non-hydrogen) atoms. The van der Waals surface area contributed by atoms with Gasteiger partial charge in [0.25, 0.3) is 5.91 Å². The van der Waals surface area contributed by atoms with Crippen LogP contribution in [0.5, 0.6) is 0 Å². The van der Waals surface area contributed by atoms with Crippen LogP contribution in [-0.2, 0) is 31.4 Å². The van der Waals surface area contributed by atoms with E-state index in [9.17, 15) is 22.4 Å². The van der Waals surface area contributed by atoms with Gasteiger partial charge < -0.3 is 10.1 Å². The Morgan fingerprint density at radius 2 is 1.93 bits per heavy atom. The number of aromatic nitrogens is 2. The molecule has 1 aromatic carbocycles. The van der Waals surface area contributed by atoms with Gasteiger partial charge in [-0.15, -0.1) is 0 Å². The van der Waals surface area contributed by atoms with E-state index in [1.54, 1.807) is 25.6 Å². The van der Waals surface area contributed by atoms with Gasteiger partial charge in [-0.1, -0.05) is 12.1 Å². The zero-order valence-electron chi connectivity index (χ0n) is 15.8. The van der Waals surface area contributed by atoms with Gasteiger partial charge >= 0.3 is 5.97 Å². The lowest BCUT2D eigenvalue weighted by Gasteiger charge is -2.14. The fraction of sp³-hybridized carbons (Fsp3) is 0.353. The van der Waals surface area contributed by atoms with Crippen molar-refractivity contribution in [1.29, 1.82) is 0 Å². The number of aryl methyl sites for hydroxylation is 2. The number of hydrogen-bond donors (Lipinski definition) is 2. The molecule has 0 aliphatic carbocycles. The van der Waals surface area contributed by atoms with E-state index in [0.717, 1.165) is 17.8 Å². The Hall–Kier alpha value is -2.79. The van der Waals surface area contributed by atoms with Crippen LogP contribution in [0.4, 0.5) is 10.1 Å². The Balaban J connectivity index is 1.93. The molecule has 1 atom stereocenters. The first-order valence-electron chi connectivity index (χ1n) is 8.27. The number of nitrogens with one attached hydrogen (secondary N) is 2. The molecule has 0 saturated heterocycles. The largest absolute Gasteiger partial charge is 0.452 e. The van der Waals surface area contributed by atoms with Gasteiger partial charge in [0.15, 0.2) is 6.10 Å². The summed E-state index contributed by atoms with van der Waals surface area (Å²) < 4.78 is 46.2. The van der Waals surface area contributed by atoms with E-state index < -0.39 is 45.3 Å². The minimum absolute atomic E-state index is 0.510. The average Bonchev–Trinajstić information content (AvgIpc) is 2.86. The molecule has 2 rings (SSSR count). The molecule has 9 nitrogen and oxygen atoms in total. The van der Waals surface area contributed by atoms with Gasteiger partial charge in [-0.25, -0.2) is 12.8 Å². The van der Waals surface area contributed by atoms with Crippen molar-refractivity contribution in [2.75, 3.05) is 11.9 Å². The zero-order valence-corrected chi connectivity index (χ0v) is 16.6. The van der Waals surface area contributed by atoms with Gasteiger partial charge in [0, 0.05) is 7.05 Å². The molecule has 0 aliphatic heterocycles. The Bertz CT molecular complexity index is 1000. The second-order valence-corrected chi connectivity index (χ2v) is 7.78. The van der Waals surface area contributed by atoms with E-state index in [0.29, 0.717) is 11.4 Å². The molecule has 1 heterocycles. The first-order valence-corrected chi connectivity index (χ1v) is 9.76. The maximum atomic E-state index is 13.6. The highest BCUT2D eigenvalue weighted by Crippen LogP contribution is 2.18. The fourth-order valence-electron chi connectivity index (χ4n) is 2.37. The van der Waals surface area contributed by atoms with Crippen molar-refractivity contribution in [3.05, 3.63) is 41.5 Å². The maximum Gasteiger partial charge on any atom is 0.321 e. The van der Waals surface area contributed by atoms with Crippen molar-refractivity contribution in [2.24, 2.45) is 7.05 Å². The molecular weight excluding hydrogens is 391 g/mol. The Morgan fingerprint density at radius 1 is 1.29 bits per heavy atom. The van der Waals surface area contributed by atoms with Crippen molar-refractivity contribution in [2.45, 2.75) is 31.8 Å². The van der Waals surface area contributed by atoms with Crippen LogP contribution in [0.3, 0.4) is 0 Å². The van der Waals surface area contributed by atoms with Crippen LogP contribution in [0.15, 0.2) is 29.2 Å². The number of halogens is 1. The predicted octanol–water partition coefficient (Wildman–Crippen LogP) is 1.02. The number of hydrogen-bond acceptors (Lipinski definition) is 6. The topological polar surface area (TPSA) is 119 Å². The number of anilines is 1. The van der Waals surface area contributed by atoms with Gasteiger partial charge in [0.05, 0.1) is 17.1 Å². The quantitative estimate of drug-likeness (QED) is 0.656. The summed E-state index contributed by atoms with van der Waals surface area (Å²) in [4.78, 5) is 23.5. The SMILES string of the molecule is Cc1nn(C)c(C)c1NC(=O)[C@@H](C)OC(=O)CNS(=O)(=O)c1ccccc1F. The van der Waals surface area contributed by atoms with Crippen molar-refractivity contribution >= 4 is 27.6 Å². The lowest BCUT2D eigenvalue weighted by molar-refractivity contribution is -0.151. The van der Waals surface area contributed by atoms with Crippen LogP contribution in [-0.4, -0.2) is 42.7 Å². The Morgan fingerprint density at radius 3 is 2.50 bits per heavy atom. The molecule has 11 heteroatoms. The second kappa shape index (κ2) is 8.48. The minimum atomic E-state index is -4.24. The molecule has 0 fully saturated rings. The Kier molecular flexibility index (Phi) is 6.52. The Labute approximate surface area is 161 Å². The molecule has 0 unspecified atom stereocenters. The molecule has 0 bridgehead atoms. The molecule has 2 N–H and O–H groups in total. The summed E-state index contributed by atoms with van der Waals surface area (Å²) in [5.74, 6) is -2.52. The summed E-state index contributed by atoms with van der Waals surface area (Å²) in [7, 11) is -2.51. The van der Waals surface area contributed by atoms with Gasteiger partial charge in [-0.05, 0) is 32.9 Å². The van der Waals surface area contributed by atoms with Gasteiger partial charge in [-0.3, -0.25) is 14.3 Å². The van der Waals surface area contributed by atoms with E-state index >= 15 is 0 Å². The smallest absolute Gasteiger partial charge is 0.321 e. The van der Waals surface area contributed by atoms with E-state index in [2.05, 4.69) is 10.4 Å². The standard InChI is InChI=1S/C17H21FN4O5S/c1-10-16(11(2)22(4)21-10)20-17(24)12(3)27-15(23)9-19-28(25,26)14-8-6-5-7-13(14)18/h5-8,12,19H,9H2,1-4H3,(H,20,24)/t12-/m1/s1. The van der Waals surface area contributed by atoms with Crippen LogP contribution in [0, 0.1) is 19.7 Å². The number of carbonyl (C=O) groups is 2. The third-order valence-corrected chi connectivity index (χ3v) is 5.40. The van der Waals surface area contributed by atoms with Crippen molar-refractivity contribution in [3.8, 4) is 0 Å². The summed E-state index contributed by atoms with van der Waals surface area (Å²) in [5.41, 5.74) is 1.84. The molecule has 0 aliphatic rings. The summed E-state index contributed by atoms with van der Waals surface area (Å²) in [6, 6.07) is 4.75. The average molecular weight is 412 g/mol. The van der Waals surface area contributed by atoms with Crippen molar-refractivity contribution in [3.63, 3.8) is 0 Å². The van der Waals surface area contributed by atoms with E-state index in [4.69, 9.17) is 4.74 Å². The number of carbonyl (C=O) groups excluding carboxylic acids is 2. The molecule has 2 aromatic rings. The molecule has 152 valence electrons. The highest BCUT2D eigenvalue weighted by atomic mass is 32.2. The number of ether oxygens (including phenoxy) is 1. The number of rotatable bonds is 7. The number of nitrogens with zero attached hydrogens (tertiary/aromatic N) is 2. The van der Waals surface area contributed by atoms with Gasteiger partial charge in [0.1, 0.15) is 17.3 Å². The van der Waals surface area contributed by atoms with Crippen LogP contribution in [0.25, 0.3) is 0 Å². The third kappa shape index (κ3) is 4.93. The monoisotopic (exact) mass is 412 g/mol. The minimum Gasteiger partial charge on any atom is -0.452 e. The predicted molar refractivity (Wildman–Crippen MR) is 98.5 cm³/mol. The highest BCUT2D eigenvalue weighted by Gasteiger charge is 2.23. The molecule has 0 radical (unpaired) electrons. The lowest BCUT2D eigenvalue weighted by Crippen LogP contribution is -2.36. The first-order chi connectivity index (χ1) is 13.0. The van der Waals surface area contributed by atoms with Gasteiger partial charge in [0.2, 0.25) is 10.0 Å². The van der Waals surface area contributed by atoms with E-state index in [1.165, 1.54) is 19.1 Å². The molecule has 0 spiro atoms. The number of sulfonamides is 1. The summed E-state index contributed by atoms with van der Waals surface area (Å²) in [5, 5.41) is 6.79. The zero-order chi connectivity index (χ0) is 21.1. The van der Waals surface area contributed by atoms with E-state index in [1.807, 2.05) is 4.72 Å². The van der Waals surface area contributed by atoms with Crippen LogP contribution < -0.4 is 10.0 Å². The molecule has 1 aromatic heterocycles. The molecule has 0 saturated carbocycles. The summed E-state index contributed by atoms with van der Waals surface area (Å²) >= 11 is 0.